The van der Waals surface area contributed by atoms with Gasteiger partial charge in [-0.2, -0.15) is 0 Å². The van der Waals surface area contributed by atoms with Crippen molar-refractivity contribution in [3.63, 3.8) is 0 Å². The fourth-order valence-electron chi connectivity index (χ4n) is 2.56. The van der Waals surface area contributed by atoms with Gasteiger partial charge in [-0.3, -0.25) is 9.69 Å². The first-order valence-corrected chi connectivity index (χ1v) is 9.21. The summed E-state index contributed by atoms with van der Waals surface area (Å²) < 4.78 is 10.6. The highest BCUT2D eigenvalue weighted by Crippen LogP contribution is 2.30. The molecule has 2 aromatic carbocycles. The van der Waals surface area contributed by atoms with Crippen LogP contribution in [0.15, 0.2) is 60.0 Å². The Labute approximate surface area is 162 Å². The summed E-state index contributed by atoms with van der Waals surface area (Å²) in [6, 6.07) is 14.9. The van der Waals surface area contributed by atoms with Gasteiger partial charge in [-0.1, -0.05) is 18.2 Å². The van der Waals surface area contributed by atoms with Gasteiger partial charge in [0.1, 0.15) is 11.5 Å². The van der Waals surface area contributed by atoms with E-state index in [-0.39, 0.29) is 5.91 Å². The van der Waals surface area contributed by atoms with Crippen LogP contribution in [0.3, 0.4) is 0 Å². The van der Waals surface area contributed by atoms with E-state index in [0.29, 0.717) is 16.6 Å². The predicted molar refractivity (Wildman–Crippen MR) is 109 cm³/mol. The molecule has 0 unspecified atom stereocenters. The number of benzene rings is 2. The summed E-state index contributed by atoms with van der Waals surface area (Å²) in [5.41, 5.74) is 2.40. The van der Waals surface area contributed by atoms with Crippen molar-refractivity contribution in [3.8, 4) is 11.5 Å². The van der Waals surface area contributed by atoms with E-state index in [1.165, 1.54) is 17.4 Å². The molecule has 0 fully saturated rings. The van der Waals surface area contributed by atoms with Crippen molar-refractivity contribution in [2.45, 2.75) is 6.92 Å². The van der Waals surface area contributed by atoms with Crippen LogP contribution in [-0.2, 0) is 4.79 Å². The van der Waals surface area contributed by atoms with Crippen LogP contribution in [0.4, 0.5) is 10.8 Å². The molecule has 1 amide bonds. The molecule has 138 valence electrons. The summed E-state index contributed by atoms with van der Waals surface area (Å²) in [6.45, 7) is 1.91. The number of aryl methyl sites for hydroxylation is 1. The number of hydrogen-bond acceptors (Lipinski definition) is 5. The van der Waals surface area contributed by atoms with Gasteiger partial charge in [-0.25, -0.2) is 4.98 Å². The van der Waals surface area contributed by atoms with E-state index in [9.17, 15) is 4.79 Å². The Kier molecular flexibility index (Phi) is 5.88. The van der Waals surface area contributed by atoms with E-state index in [1.807, 2.05) is 60.8 Å². The van der Waals surface area contributed by atoms with Crippen molar-refractivity contribution in [2.24, 2.45) is 0 Å². The molecule has 6 heteroatoms. The van der Waals surface area contributed by atoms with E-state index in [4.69, 9.17) is 9.47 Å². The van der Waals surface area contributed by atoms with Crippen molar-refractivity contribution in [1.82, 2.24) is 4.98 Å². The Morgan fingerprint density at radius 1 is 1.11 bits per heavy atom. The SMILES string of the molecule is COc1ccc(OC)c(C=CC(=O)N(c2ccccc2)c2nc(C)cs2)c1. The van der Waals surface area contributed by atoms with Gasteiger partial charge in [-0.15, -0.1) is 11.3 Å². The molecule has 0 saturated heterocycles. The normalized spacial score (nSPS) is 10.8. The highest BCUT2D eigenvalue weighted by atomic mass is 32.1. The number of hydrogen-bond donors (Lipinski definition) is 0. The standard InChI is InChI=1S/C21H20N2O3S/c1-15-14-27-21(22-15)23(17-7-5-4-6-8-17)20(24)12-9-16-13-18(25-2)10-11-19(16)26-3/h4-14H,1-3H3. The van der Waals surface area contributed by atoms with Gasteiger partial charge in [0.2, 0.25) is 0 Å². The zero-order valence-electron chi connectivity index (χ0n) is 15.4. The number of methoxy groups -OCH3 is 2. The lowest BCUT2D eigenvalue weighted by molar-refractivity contribution is -0.113. The van der Waals surface area contributed by atoms with Crippen LogP contribution in [0.1, 0.15) is 11.3 Å². The number of amides is 1. The molecule has 0 aliphatic heterocycles. The summed E-state index contributed by atoms with van der Waals surface area (Å²) in [6.07, 6.45) is 3.24. The number of carbonyl (C=O) groups is 1. The first kappa shape index (κ1) is 18.7. The third-order valence-electron chi connectivity index (χ3n) is 3.88. The molecule has 0 bridgehead atoms. The van der Waals surface area contributed by atoms with E-state index in [0.717, 1.165) is 16.9 Å². The third-order valence-corrected chi connectivity index (χ3v) is 4.82. The molecule has 0 atom stereocenters. The lowest BCUT2D eigenvalue weighted by Gasteiger charge is -2.18. The predicted octanol–water partition coefficient (Wildman–Crippen LogP) is 4.85. The van der Waals surface area contributed by atoms with Crippen LogP contribution >= 0.6 is 11.3 Å². The number of para-hydroxylation sites is 1. The minimum absolute atomic E-state index is 0.194. The molecule has 3 rings (SSSR count). The average molecular weight is 380 g/mol. The van der Waals surface area contributed by atoms with E-state index >= 15 is 0 Å². The maximum Gasteiger partial charge on any atom is 0.257 e. The molecular weight excluding hydrogens is 360 g/mol. The van der Waals surface area contributed by atoms with Gasteiger partial charge in [0.15, 0.2) is 5.13 Å². The van der Waals surface area contributed by atoms with Gasteiger partial charge < -0.3 is 9.47 Å². The van der Waals surface area contributed by atoms with E-state index in [2.05, 4.69) is 4.98 Å². The first-order chi connectivity index (χ1) is 13.1. The molecule has 0 aliphatic rings. The fourth-order valence-corrected chi connectivity index (χ4v) is 3.38. The second-order valence-electron chi connectivity index (χ2n) is 5.72. The summed E-state index contributed by atoms with van der Waals surface area (Å²) in [5, 5.41) is 2.55. The second kappa shape index (κ2) is 8.51. The smallest absolute Gasteiger partial charge is 0.257 e. The molecule has 1 heterocycles. The molecule has 5 nitrogen and oxygen atoms in total. The van der Waals surface area contributed by atoms with E-state index in [1.54, 1.807) is 25.2 Å². The summed E-state index contributed by atoms with van der Waals surface area (Å²) in [5.74, 6) is 1.16. The molecule has 0 spiro atoms. The van der Waals surface area contributed by atoms with Gasteiger partial charge >= 0.3 is 0 Å². The Balaban J connectivity index is 1.95. The molecule has 1 aromatic heterocycles. The zero-order chi connectivity index (χ0) is 19.2. The van der Waals surface area contributed by atoms with Crippen molar-refractivity contribution >= 4 is 34.1 Å². The van der Waals surface area contributed by atoms with Gasteiger partial charge in [0.05, 0.1) is 25.6 Å². The number of aromatic nitrogens is 1. The minimum atomic E-state index is -0.194. The number of thiazole rings is 1. The summed E-state index contributed by atoms with van der Waals surface area (Å²) >= 11 is 1.43. The Morgan fingerprint density at radius 3 is 2.52 bits per heavy atom. The van der Waals surface area contributed by atoms with Crippen molar-refractivity contribution in [2.75, 3.05) is 19.1 Å². The van der Waals surface area contributed by atoms with Crippen molar-refractivity contribution in [3.05, 3.63) is 71.2 Å². The quantitative estimate of drug-likeness (QED) is 0.574. The first-order valence-electron chi connectivity index (χ1n) is 8.33. The van der Waals surface area contributed by atoms with E-state index < -0.39 is 0 Å². The molecule has 0 radical (unpaired) electrons. The van der Waals surface area contributed by atoms with Crippen LogP contribution in [0.5, 0.6) is 11.5 Å². The van der Waals surface area contributed by atoms with Crippen LogP contribution in [0.25, 0.3) is 6.08 Å². The summed E-state index contributed by atoms with van der Waals surface area (Å²) in [7, 11) is 3.19. The van der Waals surface area contributed by atoms with Gasteiger partial charge in [0, 0.05) is 17.0 Å². The Hall–Kier alpha value is -3.12. The molecule has 0 saturated carbocycles. The lowest BCUT2D eigenvalue weighted by Crippen LogP contribution is -2.23. The monoisotopic (exact) mass is 380 g/mol. The van der Waals surface area contributed by atoms with Crippen LogP contribution in [-0.4, -0.2) is 25.1 Å². The molecular formula is C21H20N2O3S. The molecule has 0 aliphatic carbocycles. The number of anilines is 2. The molecule has 27 heavy (non-hydrogen) atoms. The molecule has 0 N–H and O–H groups in total. The fraction of sp³-hybridized carbons (Fsp3) is 0.143. The van der Waals surface area contributed by atoms with Crippen LogP contribution in [0.2, 0.25) is 0 Å². The van der Waals surface area contributed by atoms with Gasteiger partial charge in [0.25, 0.3) is 5.91 Å². The Bertz CT molecular complexity index is 951. The highest BCUT2D eigenvalue weighted by molar-refractivity contribution is 7.14. The zero-order valence-corrected chi connectivity index (χ0v) is 16.2. The maximum absolute atomic E-state index is 13.0. The maximum atomic E-state index is 13.0. The minimum Gasteiger partial charge on any atom is -0.497 e. The number of ether oxygens (including phenoxy) is 2. The third kappa shape index (κ3) is 4.35. The van der Waals surface area contributed by atoms with Crippen LogP contribution in [0, 0.1) is 6.92 Å². The number of nitrogens with zero attached hydrogens (tertiary/aromatic N) is 2. The molecule has 3 aromatic rings. The largest absolute Gasteiger partial charge is 0.497 e. The number of rotatable bonds is 6. The summed E-state index contributed by atoms with van der Waals surface area (Å²) in [4.78, 5) is 19.1. The lowest BCUT2D eigenvalue weighted by atomic mass is 10.1. The second-order valence-corrected chi connectivity index (χ2v) is 6.56. The highest BCUT2D eigenvalue weighted by Gasteiger charge is 2.18. The Morgan fingerprint density at radius 2 is 1.89 bits per heavy atom. The van der Waals surface area contributed by atoms with Crippen molar-refractivity contribution in [1.29, 1.82) is 0 Å². The number of carbonyl (C=O) groups excluding carboxylic acids is 1. The van der Waals surface area contributed by atoms with Crippen molar-refractivity contribution < 1.29 is 14.3 Å². The van der Waals surface area contributed by atoms with Gasteiger partial charge in [-0.05, 0) is 43.3 Å². The topological polar surface area (TPSA) is 51.7 Å². The van der Waals surface area contributed by atoms with Crippen LogP contribution < -0.4 is 14.4 Å². The average Bonchev–Trinajstić information content (AvgIpc) is 3.12.